The lowest BCUT2D eigenvalue weighted by molar-refractivity contribution is -0.118. The molecule has 0 saturated heterocycles. The van der Waals surface area contributed by atoms with E-state index in [1.807, 2.05) is 6.92 Å². The van der Waals surface area contributed by atoms with Gasteiger partial charge in [0.2, 0.25) is 0 Å². The zero-order chi connectivity index (χ0) is 9.11. The minimum absolute atomic E-state index is 0.395. The van der Waals surface area contributed by atoms with E-state index in [0.29, 0.717) is 12.2 Å². The first-order valence-electron chi connectivity index (χ1n) is 4.74. The molecule has 0 radical (unpaired) electrons. The van der Waals surface area contributed by atoms with E-state index < -0.39 is 0 Å². The van der Waals surface area contributed by atoms with Gasteiger partial charge in [0, 0.05) is 12.8 Å². The maximum absolute atomic E-state index is 10.6. The number of carbonyl (C=O) groups excluding carboxylic acids is 1. The quantitative estimate of drug-likeness (QED) is 0.611. The van der Waals surface area contributed by atoms with Gasteiger partial charge in [-0.15, -0.1) is 0 Å². The lowest BCUT2D eigenvalue weighted by Gasteiger charge is -1.91. The summed E-state index contributed by atoms with van der Waals surface area (Å²) in [6, 6.07) is 0. The fourth-order valence-electron chi connectivity index (χ4n) is 0.551. The molecule has 68 valence electrons. The maximum atomic E-state index is 10.6. The van der Waals surface area contributed by atoms with E-state index in [1.165, 1.54) is 6.42 Å². The molecule has 1 heteroatoms. The molecule has 0 bridgehead atoms. The zero-order valence-corrected chi connectivity index (χ0v) is 8.44. The normalized spacial score (nSPS) is 8.36. The highest BCUT2D eigenvalue weighted by molar-refractivity contribution is 5.77. The fourth-order valence-corrected chi connectivity index (χ4v) is 0.551. The number of rotatable bonds is 4. The van der Waals surface area contributed by atoms with Gasteiger partial charge in [-0.3, -0.25) is 4.79 Å². The van der Waals surface area contributed by atoms with Crippen molar-refractivity contribution in [3.05, 3.63) is 0 Å². The van der Waals surface area contributed by atoms with Crippen molar-refractivity contribution in [2.24, 2.45) is 0 Å². The van der Waals surface area contributed by atoms with Crippen molar-refractivity contribution in [3.8, 4) is 0 Å². The highest BCUT2D eigenvalue weighted by atomic mass is 16.1. The number of carbonyl (C=O) groups is 1. The monoisotopic (exact) mass is 158 g/mol. The summed E-state index contributed by atoms with van der Waals surface area (Å²) in [6.45, 7) is 8.26. The predicted octanol–water partition coefficient (Wildman–Crippen LogP) is 3.57. The van der Waals surface area contributed by atoms with Gasteiger partial charge in [0.25, 0.3) is 0 Å². The first-order chi connectivity index (χ1) is 5.22. The number of hydrogen-bond donors (Lipinski definition) is 0. The largest absolute Gasteiger partial charge is 0.300 e. The number of hydrogen-bond acceptors (Lipinski definition) is 1. The van der Waals surface area contributed by atoms with Crippen LogP contribution in [0, 0.1) is 0 Å². The van der Waals surface area contributed by atoms with Crippen molar-refractivity contribution < 1.29 is 4.79 Å². The SMILES string of the molecule is CCC.CCCCC(=O)CC. The standard InChI is InChI=1S/C7H14O.C3H8/c1-3-5-6-7(8)4-2;1-3-2/h3-6H2,1-2H3;3H2,1-2H3. The van der Waals surface area contributed by atoms with Crippen LogP contribution in [0.5, 0.6) is 0 Å². The van der Waals surface area contributed by atoms with Gasteiger partial charge in [-0.1, -0.05) is 40.5 Å². The van der Waals surface area contributed by atoms with Gasteiger partial charge in [-0.2, -0.15) is 0 Å². The third-order valence-electron chi connectivity index (χ3n) is 1.20. The Balaban J connectivity index is 0. The second kappa shape index (κ2) is 12.4. The minimum Gasteiger partial charge on any atom is -0.300 e. The van der Waals surface area contributed by atoms with Gasteiger partial charge in [-0.05, 0) is 6.42 Å². The molecule has 0 aromatic carbocycles. The lowest BCUT2D eigenvalue weighted by Crippen LogP contribution is -1.92. The third-order valence-corrected chi connectivity index (χ3v) is 1.20. The van der Waals surface area contributed by atoms with Crippen LogP contribution in [0.3, 0.4) is 0 Å². The first kappa shape index (κ1) is 13.3. The van der Waals surface area contributed by atoms with Gasteiger partial charge in [0.1, 0.15) is 5.78 Å². The molecule has 0 aliphatic carbocycles. The zero-order valence-electron chi connectivity index (χ0n) is 8.44. The molecule has 0 aromatic rings. The highest BCUT2D eigenvalue weighted by Gasteiger charge is 1.93. The summed E-state index contributed by atoms with van der Waals surface area (Å²) in [5.74, 6) is 0.395. The van der Waals surface area contributed by atoms with E-state index in [4.69, 9.17) is 0 Å². The van der Waals surface area contributed by atoms with E-state index >= 15 is 0 Å². The summed E-state index contributed by atoms with van der Waals surface area (Å²) in [4.78, 5) is 10.6. The van der Waals surface area contributed by atoms with Crippen molar-refractivity contribution >= 4 is 5.78 Å². The highest BCUT2D eigenvalue weighted by Crippen LogP contribution is 1.96. The van der Waals surface area contributed by atoms with E-state index in [2.05, 4.69) is 20.8 Å². The van der Waals surface area contributed by atoms with Crippen LogP contribution in [0.2, 0.25) is 0 Å². The Kier molecular flexibility index (Phi) is 14.9. The van der Waals surface area contributed by atoms with Crippen LogP contribution in [0.1, 0.15) is 59.8 Å². The Morgan fingerprint density at radius 3 is 1.82 bits per heavy atom. The lowest BCUT2D eigenvalue weighted by atomic mass is 10.1. The number of Topliss-reactive ketones (excluding diaryl/α,β-unsaturated/α-hetero) is 1. The molecule has 0 aromatic heterocycles. The molecule has 11 heavy (non-hydrogen) atoms. The van der Waals surface area contributed by atoms with E-state index in [1.54, 1.807) is 0 Å². The number of unbranched alkanes of at least 4 members (excludes halogenated alkanes) is 1. The van der Waals surface area contributed by atoms with Gasteiger partial charge in [-0.25, -0.2) is 0 Å². The molecule has 1 nitrogen and oxygen atoms in total. The summed E-state index contributed by atoms with van der Waals surface area (Å²) in [5, 5.41) is 0. The number of ketones is 1. The molecule has 0 atom stereocenters. The second-order valence-corrected chi connectivity index (χ2v) is 2.70. The Bertz CT molecular complexity index is 76.9. The molecule has 0 fully saturated rings. The second-order valence-electron chi connectivity index (χ2n) is 2.70. The Morgan fingerprint density at radius 2 is 1.55 bits per heavy atom. The summed E-state index contributed by atoms with van der Waals surface area (Å²) < 4.78 is 0. The van der Waals surface area contributed by atoms with Gasteiger partial charge in [0.05, 0.1) is 0 Å². The Labute approximate surface area is 71.2 Å². The van der Waals surface area contributed by atoms with Crippen LogP contribution < -0.4 is 0 Å². The van der Waals surface area contributed by atoms with Crippen LogP contribution in [0.15, 0.2) is 0 Å². The minimum atomic E-state index is 0.395. The summed E-state index contributed by atoms with van der Waals surface area (Å²) >= 11 is 0. The van der Waals surface area contributed by atoms with E-state index in [0.717, 1.165) is 19.3 Å². The summed E-state index contributed by atoms with van der Waals surface area (Å²) in [6.07, 6.45) is 4.94. The average Bonchev–Trinajstić information content (AvgIpc) is 2.02. The predicted molar refractivity (Wildman–Crippen MR) is 50.8 cm³/mol. The Morgan fingerprint density at radius 1 is 1.09 bits per heavy atom. The third kappa shape index (κ3) is 17.7. The van der Waals surface area contributed by atoms with Gasteiger partial charge < -0.3 is 0 Å². The molecule has 0 spiro atoms. The van der Waals surface area contributed by atoms with E-state index in [9.17, 15) is 4.79 Å². The fraction of sp³-hybridized carbons (Fsp3) is 0.900. The van der Waals surface area contributed by atoms with Crippen LogP contribution in [-0.2, 0) is 4.79 Å². The van der Waals surface area contributed by atoms with Crippen LogP contribution in [0.25, 0.3) is 0 Å². The van der Waals surface area contributed by atoms with E-state index in [-0.39, 0.29) is 0 Å². The van der Waals surface area contributed by atoms with Crippen molar-refractivity contribution in [1.82, 2.24) is 0 Å². The molecule has 0 aliphatic rings. The maximum Gasteiger partial charge on any atom is 0.132 e. The summed E-state index contributed by atoms with van der Waals surface area (Å²) in [5.41, 5.74) is 0. The molecular weight excluding hydrogens is 136 g/mol. The molecule has 0 saturated carbocycles. The van der Waals surface area contributed by atoms with Gasteiger partial charge >= 0.3 is 0 Å². The summed E-state index contributed by atoms with van der Waals surface area (Å²) in [7, 11) is 0. The van der Waals surface area contributed by atoms with Gasteiger partial charge in [0.15, 0.2) is 0 Å². The van der Waals surface area contributed by atoms with Crippen LogP contribution >= 0.6 is 0 Å². The topological polar surface area (TPSA) is 17.1 Å². The van der Waals surface area contributed by atoms with Crippen molar-refractivity contribution in [2.75, 3.05) is 0 Å². The molecule has 0 amide bonds. The molecule has 0 unspecified atom stereocenters. The van der Waals surface area contributed by atoms with Crippen molar-refractivity contribution in [2.45, 2.75) is 59.8 Å². The Hall–Kier alpha value is -0.330. The molecular formula is C10H22O. The van der Waals surface area contributed by atoms with Crippen LogP contribution in [-0.4, -0.2) is 5.78 Å². The molecule has 0 N–H and O–H groups in total. The first-order valence-corrected chi connectivity index (χ1v) is 4.74. The molecule has 0 rings (SSSR count). The average molecular weight is 158 g/mol. The smallest absolute Gasteiger partial charge is 0.132 e. The molecule has 0 heterocycles. The van der Waals surface area contributed by atoms with Crippen molar-refractivity contribution in [1.29, 1.82) is 0 Å². The van der Waals surface area contributed by atoms with Crippen LogP contribution in [0.4, 0.5) is 0 Å². The molecule has 0 aliphatic heterocycles. The van der Waals surface area contributed by atoms with Crippen molar-refractivity contribution in [3.63, 3.8) is 0 Å².